The highest BCUT2D eigenvalue weighted by Crippen LogP contribution is 2.25. The number of benzene rings is 3. The zero-order valence-electron chi connectivity index (χ0n) is 17.5. The molecule has 0 radical (unpaired) electrons. The number of carbonyl (C=O) groups is 2. The van der Waals surface area contributed by atoms with Crippen LogP contribution in [0.4, 0.5) is 0 Å². The van der Waals surface area contributed by atoms with Gasteiger partial charge in [-0.2, -0.15) is 0 Å². The van der Waals surface area contributed by atoms with E-state index in [1.165, 1.54) is 5.56 Å². The van der Waals surface area contributed by atoms with Crippen LogP contribution in [0.5, 0.6) is 0 Å². The van der Waals surface area contributed by atoms with Gasteiger partial charge >= 0.3 is 5.97 Å². The van der Waals surface area contributed by atoms with Crippen molar-refractivity contribution in [2.75, 3.05) is 14.1 Å². The number of rotatable bonds is 8. The van der Waals surface area contributed by atoms with Gasteiger partial charge in [0.15, 0.2) is 0 Å². The molecule has 0 unspecified atom stereocenters. The molecule has 0 saturated heterocycles. The van der Waals surface area contributed by atoms with E-state index in [4.69, 9.17) is 11.6 Å². The first-order valence-electron chi connectivity index (χ1n) is 9.95. The number of amides is 1. The largest absolute Gasteiger partial charge is 0.480 e. The van der Waals surface area contributed by atoms with E-state index in [-0.39, 0.29) is 17.0 Å². The Balaban J connectivity index is 1.75. The Labute approximate surface area is 187 Å². The van der Waals surface area contributed by atoms with Crippen LogP contribution in [0, 0.1) is 0 Å². The van der Waals surface area contributed by atoms with Crippen LogP contribution in [0.1, 0.15) is 21.5 Å². The van der Waals surface area contributed by atoms with Crippen LogP contribution in [-0.2, 0) is 17.8 Å². The SMILES string of the molecule is CN(C)Cc1ccccc1-c1ccc(C[C@H](NC(=O)c2ccccc2Cl)C(=O)O)cc1. The maximum atomic E-state index is 12.5. The molecule has 3 rings (SSSR count). The summed E-state index contributed by atoms with van der Waals surface area (Å²) < 4.78 is 0. The monoisotopic (exact) mass is 436 g/mol. The van der Waals surface area contributed by atoms with Gasteiger partial charge < -0.3 is 15.3 Å². The highest BCUT2D eigenvalue weighted by Gasteiger charge is 2.22. The summed E-state index contributed by atoms with van der Waals surface area (Å²) in [5.41, 5.74) is 4.50. The van der Waals surface area contributed by atoms with E-state index in [0.29, 0.717) is 0 Å². The van der Waals surface area contributed by atoms with Gasteiger partial charge in [-0.05, 0) is 48.5 Å². The second-order valence-corrected chi connectivity index (χ2v) is 8.05. The van der Waals surface area contributed by atoms with Crippen molar-refractivity contribution in [3.8, 4) is 11.1 Å². The quantitative estimate of drug-likeness (QED) is 0.545. The third-order valence-corrected chi connectivity index (χ3v) is 5.26. The number of aliphatic carboxylic acids is 1. The van der Waals surface area contributed by atoms with E-state index in [1.807, 2.05) is 50.5 Å². The highest BCUT2D eigenvalue weighted by molar-refractivity contribution is 6.33. The third kappa shape index (κ3) is 5.94. The average molecular weight is 437 g/mol. The zero-order chi connectivity index (χ0) is 22.4. The fourth-order valence-electron chi connectivity index (χ4n) is 3.42. The molecule has 3 aromatic rings. The van der Waals surface area contributed by atoms with Crippen LogP contribution in [0.25, 0.3) is 11.1 Å². The lowest BCUT2D eigenvalue weighted by Crippen LogP contribution is -2.42. The first-order chi connectivity index (χ1) is 14.8. The number of halogens is 1. The van der Waals surface area contributed by atoms with Gasteiger partial charge in [-0.25, -0.2) is 4.79 Å². The van der Waals surface area contributed by atoms with E-state index >= 15 is 0 Å². The zero-order valence-corrected chi connectivity index (χ0v) is 18.3. The predicted molar refractivity (Wildman–Crippen MR) is 123 cm³/mol. The molecular weight excluding hydrogens is 412 g/mol. The Bertz CT molecular complexity index is 1060. The van der Waals surface area contributed by atoms with E-state index < -0.39 is 17.9 Å². The molecule has 0 spiro atoms. The lowest BCUT2D eigenvalue weighted by molar-refractivity contribution is -0.139. The molecule has 1 amide bonds. The van der Waals surface area contributed by atoms with Gasteiger partial charge in [0.05, 0.1) is 10.6 Å². The summed E-state index contributed by atoms with van der Waals surface area (Å²) in [6.45, 7) is 0.826. The average Bonchev–Trinajstić information content (AvgIpc) is 2.74. The van der Waals surface area contributed by atoms with Gasteiger partial charge in [0, 0.05) is 13.0 Å². The first-order valence-corrected chi connectivity index (χ1v) is 10.3. The summed E-state index contributed by atoms with van der Waals surface area (Å²) in [4.78, 5) is 26.3. The fraction of sp³-hybridized carbons (Fsp3) is 0.200. The molecule has 3 aromatic carbocycles. The number of carbonyl (C=O) groups excluding carboxylic acids is 1. The Hall–Kier alpha value is -3.15. The number of hydrogen-bond donors (Lipinski definition) is 2. The van der Waals surface area contributed by atoms with Crippen molar-refractivity contribution in [3.63, 3.8) is 0 Å². The summed E-state index contributed by atoms with van der Waals surface area (Å²) in [6, 6.07) is 21.5. The van der Waals surface area contributed by atoms with Crippen LogP contribution in [0.3, 0.4) is 0 Å². The summed E-state index contributed by atoms with van der Waals surface area (Å²) in [5.74, 6) is -1.60. The Kier molecular flexibility index (Phi) is 7.45. The molecule has 1 atom stereocenters. The Morgan fingerprint density at radius 2 is 1.61 bits per heavy atom. The van der Waals surface area contributed by atoms with Crippen molar-refractivity contribution in [1.29, 1.82) is 0 Å². The predicted octanol–water partition coefficient (Wildman–Crippen LogP) is 4.49. The molecule has 160 valence electrons. The summed E-state index contributed by atoms with van der Waals surface area (Å²) in [7, 11) is 4.06. The number of carboxylic acids is 1. The molecule has 0 aromatic heterocycles. The molecular formula is C25H25ClN2O3. The van der Waals surface area contributed by atoms with Crippen molar-refractivity contribution >= 4 is 23.5 Å². The van der Waals surface area contributed by atoms with E-state index in [9.17, 15) is 14.7 Å². The normalized spacial score (nSPS) is 11.9. The number of nitrogens with zero attached hydrogens (tertiary/aromatic N) is 1. The molecule has 5 nitrogen and oxygen atoms in total. The summed E-state index contributed by atoms with van der Waals surface area (Å²) >= 11 is 6.05. The van der Waals surface area contributed by atoms with E-state index in [2.05, 4.69) is 22.3 Å². The van der Waals surface area contributed by atoms with Crippen LogP contribution < -0.4 is 5.32 Å². The van der Waals surface area contributed by atoms with Gasteiger partial charge in [0.1, 0.15) is 6.04 Å². The first kappa shape index (κ1) is 22.5. The van der Waals surface area contributed by atoms with Gasteiger partial charge in [0.2, 0.25) is 0 Å². The molecule has 0 aliphatic carbocycles. The Morgan fingerprint density at radius 1 is 0.968 bits per heavy atom. The second-order valence-electron chi connectivity index (χ2n) is 7.64. The summed E-state index contributed by atoms with van der Waals surface area (Å²) in [5, 5.41) is 12.5. The summed E-state index contributed by atoms with van der Waals surface area (Å²) in [6.07, 6.45) is 0.172. The van der Waals surface area contributed by atoms with Crippen molar-refractivity contribution in [2.45, 2.75) is 19.0 Å². The molecule has 0 aliphatic heterocycles. The van der Waals surface area contributed by atoms with Crippen LogP contribution in [0.2, 0.25) is 5.02 Å². The minimum atomic E-state index is -1.10. The highest BCUT2D eigenvalue weighted by atomic mass is 35.5. The molecule has 2 N–H and O–H groups in total. The fourth-order valence-corrected chi connectivity index (χ4v) is 3.64. The van der Waals surface area contributed by atoms with Gasteiger partial charge in [-0.1, -0.05) is 72.3 Å². The third-order valence-electron chi connectivity index (χ3n) is 4.93. The minimum absolute atomic E-state index is 0.172. The number of nitrogens with one attached hydrogen (secondary N) is 1. The van der Waals surface area contributed by atoms with Gasteiger partial charge in [0.25, 0.3) is 5.91 Å². The standard InChI is InChI=1S/C25H25ClN2O3/c1-28(2)16-19-7-3-4-8-20(19)18-13-11-17(12-14-18)15-23(25(30)31)27-24(29)21-9-5-6-10-22(21)26/h3-14,23H,15-16H2,1-2H3,(H,27,29)(H,30,31)/t23-/m0/s1. The maximum Gasteiger partial charge on any atom is 0.326 e. The molecule has 0 bridgehead atoms. The Morgan fingerprint density at radius 3 is 2.26 bits per heavy atom. The van der Waals surface area contributed by atoms with Crippen LogP contribution >= 0.6 is 11.6 Å². The van der Waals surface area contributed by atoms with Crippen molar-refractivity contribution in [3.05, 3.63) is 94.5 Å². The lowest BCUT2D eigenvalue weighted by atomic mass is 9.97. The van der Waals surface area contributed by atoms with Crippen molar-refractivity contribution in [2.24, 2.45) is 0 Å². The number of hydrogen-bond acceptors (Lipinski definition) is 3. The topological polar surface area (TPSA) is 69.6 Å². The van der Waals surface area contributed by atoms with E-state index in [1.54, 1.807) is 24.3 Å². The lowest BCUT2D eigenvalue weighted by Gasteiger charge is -2.16. The number of carboxylic acid groups (broad SMARTS) is 1. The molecule has 6 heteroatoms. The van der Waals surface area contributed by atoms with Crippen LogP contribution in [0.15, 0.2) is 72.8 Å². The smallest absolute Gasteiger partial charge is 0.326 e. The van der Waals surface area contributed by atoms with Crippen molar-refractivity contribution in [1.82, 2.24) is 10.2 Å². The van der Waals surface area contributed by atoms with Gasteiger partial charge in [-0.3, -0.25) is 4.79 Å². The van der Waals surface area contributed by atoms with E-state index in [0.717, 1.165) is 23.2 Å². The van der Waals surface area contributed by atoms with Gasteiger partial charge in [-0.15, -0.1) is 0 Å². The van der Waals surface area contributed by atoms with Crippen molar-refractivity contribution < 1.29 is 14.7 Å². The maximum absolute atomic E-state index is 12.5. The minimum Gasteiger partial charge on any atom is -0.480 e. The van der Waals surface area contributed by atoms with Crippen LogP contribution in [-0.4, -0.2) is 42.0 Å². The molecule has 31 heavy (non-hydrogen) atoms. The second kappa shape index (κ2) is 10.2. The molecule has 0 heterocycles. The molecule has 0 aliphatic rings. The molecule has 0 fully saturated rings. The molecule has 0 saturated carbocycles.